The minimum Gasteiger partial charge on any atom is -0.611 e. The SMILES string of the molecule is [O-][S+](c1ccccc1)C1CCN(Nc2nc(Cl)nc3c2ncn3[C@@H]2O[C@H](CCl)C(O)C2O)CC1. The predicted molar refractivity (Wildman–Crippen MR) is 128 cm³/mol. The van der Waals surface area contributed by atoms with Crippen LogP contribution >= 0.6 is 23.2 Å². The molecule has 5 atom stereocenters. The summed E-state index contributed by atoms with van der Waals surface area (Å²) in [5.41, 5.74) is 4.06. The summed E-state index contributed by atoms with van der Waals surface area (Å²) in [6, 6.07) is 9.52. The second-order valence-electron chi connectivity index (χ2n) is 8.27. The predicted octanol–water partition coefficient (Wildman–Crippen LogP) is 1.94. The number of aliphatic hydroxyl groups is 2. The fourth-order valence-electron chi connectivity index (χ4n) is 4.32. The number of fused-ring (bicyclic) bond motifs is 1. The molecule has 3 unspecified atom stereocenters. The molecule has 2 aromatic heterocycles. The average Bonchev–Trinajstić information content (AvgIpc) is 3.40. The number of anilines is 1. The molecule has 34 heavy (non-hydrogen) atoms. The summed E-state index contributed by atoms with van der Waals surface area (Å²) < 4.78 is 20.1. The number of aliphatic hydroxyl groups excluding tert-OH is 2. The van der Waals surface area contributed by atoms with Crippen LogP contribution < -0.4 is 5.43 Å². The third kappa shape index (κ3) is 4.59. The van der Waals surface area contributed by atoms with Gasteiger partial charge in [0.2, 0.25) is 5.28 Å². The van der Waals surface area contributed by atoms with E-state index in [1.807, 2.05) is 35.3 Å². The zero-order valence-corrected chi connectivity index (χ0v) is 20.3. The lowest BCUT2D eigenvalue weighted by Crippen LogP contribution is -2.42. The number of benzene rings is 1. The number of ether oxygens (including phenoxy) is 1. The second-order valence-corrected chi connectivity index (χ2v) is 10.7. The maximum Gasteiger partial charge on any atom is 0.226 e. The normalized spacial score (nSPS) is 27.3. The minimum absolute atomic E-state index is 0.00116. The number of hydrogen-bond acceptors (Lipinski definition) is 9. The van der Waals surface area contributed by atoms with Gasteiger partial charge in [-0.1, -0.05) is 18.2 Å². The molecule has 10 nitrogen and oxygen atoms in total. The lowest BCUT2D eigenvalue weighted by Gasteiger charge is -2.32. The molecule has 4 heterocycles. The van der Waals surface area contributed by atoms with E-state index in [2.05, 4.69) is 20.4 Å². The van der Waals surface area contributed by atoms with Crippen LogP contribution in [0, 0.1) is 0 Å². The van der Waals surface area contributed by atoms with Crippen molar-refractivity contribution in [1.29, 1.82) is 0 Å². The fourth-order valence-corrected chi connectivity index (χ4v) is 6.19. The van der Waals surface area contributed by atoms with Gasteiger partial charge in [0.1, 0.15) is 23.6 Å². The van der Waals surface area contributed by atoms with Crippen molar-refractivity contribution in [3.63, 3.8) is 0 Å². The number of nitrogens with one attached hydrogen (secondary N) is 1. The van der Waals surface area contributed by atoms with Crippen LogP contribution in [-0.2, 0) is 15.9 Å². The molecule has 3 aromatic rings. The van der Waals surface area contributed by atoms with Gasteiger partial charge in [0, 0.05) is 25.9 Å². The molecule has 2 aliphatic heterocycles. The molecule has 0 spiro atoms. The maximum atomic E-state index is 12.9. The van der Waals surface area contributed by atoms with Crippen molar-refractivity contribution in [2.45, 2.75) is 47.5 Å². The average molecular weight is 527 g/mol. The first kappa shape index (κ1) is 24.0. The number of alkyl halides is 1. The lowest BCUT2D eigenvalue weighted by molar-refractivity contribution is -0.0291. The molecule has 182 valence electrons. The topological polar surface area (TPSA) is 132 Å². The van der Waals surface area contributed by atoms with E-state index in [0.717, 1.165) is 17.7 Å². The number of halogens is 2. The van der Waals surface area contributed by atoms with Crippen LogP contribution in [0.3, 0.4) is 0 Å². The van der Waals surface area contributed by atoms with Crippen molar-refractivity contribution in [1.82, 2.24) is 24.5 Å². The standard InChI is InChI=1S/C21H24Cl2N6O4S/c22-10-14-16(30)17(31)20(33-14)29-11-24-15-18(25-21(23)26-19(15)29)27-28-8-6-13(7-9-28)34(32)12-4-2-1-3-5-12/h1-5,11,13-14,16-17,20,30-31H,6-10H2,(H,25,26,27)/t14-,16?,17?,20-,34?/m1/s1. The van der Waals surface area contributed by atoms with Gasteiger partial charge in [-0.2, -0.15) is 9.97 Å². The maximum absolute atomic E-state index is 12.9. The monoisotopic (exact) mass is 526 g/mol. The van der Waals surface area contributed by atoms with E-state index in [1.165, 1.54) is 10.9 Å². The van der Waals surface area contributed by atoms with Gasteiger partial charge in [0.25, 0.3) is 0 Å². The number of hydrogen-bond donors (Lipinski definition) is 3. The molecule has 0 saturated carbocycles. The Kier molecular flexibility index (Phi) is 7.14. The van der Waals surface area contributed by atoms with E-state index >= 15 is 0 Å². The van der Waals surface area contributed by atoms with E-state index in [0.29, 0.717) is 30.1 Å². The van der Waals surface area contributed by atoms with Crippen LogP contribution in [0.2, 0.25) is 5.28 Å². The smallest absolute Gasteiger partial charge is 0.226 e. The largest absolute Gasteiger partial charge is 0.611 e. The first-order valence-electron chi connectivity index (χ1n) is 10.9. The zero-order chi connectivity index (χ0) is 23.8. The fraction of sp³-hybridized carbons (Fsp3) is 0.476. The highest BCUT2D eigenvalue weighted by Gasteiger charge is 2.44. The van der Waals surface area contributed by atoms with Gasteiger partial charge in [-0.3, -0.25) is 4.57 Å². The molecule has 0 aliphatic carbocycles. The number of rotatable bonds is 6. The highest BCUT2D eigenvalue weighted by Crippen LogP contribution is 2.33. The minimum atomic E-state index is -1.20. The summed E-state index contributed by atoms with van der Waals surface area (Å²) in [4.78, 5) is 13.8. The zero-order valence-electron chi connectivity index (χ0n) is 18.0. The molecule has 0 bridgehead atoms. The Labute approximate surface area is 209 Å². The summed E-state index contributed by atoms with van der Waals surface area (Å²) in [6.45, 7) is 1.34. The quantitative estimate of drug-likeness (QED) is 0.250. The van der Waals surface area contributed by atoms with E-state index in [1.54, 1.807) is 0 Å². The van der Waals surface area contributed by atoms with Crippen LogP contribution in [0.1, 0.15) is 19.1 Å². The molecule has 2 aliphatic rings. The molecule has 3 N–H and O–H groups in total. The van der Waals surface area contributed by atoms with Gasteiger partial charge in [-0.15, -0.1) is 11.6 Å². The van der Waals surface area contributed by atoms with Crippen LogP contribution in [0.5, 0.6) is 0 Å². The molecule has 5 rings (SSSR count). The molecule has 0 radical (unpaired) electrons. The number of piperidine rings is 1. The van der Waals surface area contributed by atoms with Gasteiger partial charge in [-0.05, 0) is 34.9 Å². The molecular weight excluding hydrogens is 503 g/mol. The van der Waals surface area contributed by atoms with Crippen molar-refractivity contribution in [2.24, 2.45) is 0 Å². The van der Waals surface area contributed by atoms with Crippen molar-refractivity contribution in [2.75, 3.05) is 24.4 Å². The van der Waals surface area contributed by atoms with Gasteiger partial charge in [0.05, 0.1) is 12.2 Å². The summed E-state index contributed by atoms with van der Waals surface area (Å²) in [5.74, 6) is 0.452. The van der Waals surface area contributed by atoms with Gasteiger partial charge >= 0.3 is 0 Å². The van der Waals surface area contributed by atoms with Gasteiger partial charge < -0.3 is 24.9 Å². The Morgan fingerprint density at radius 3 is 2.56 bits per heavy atom. The third-order valence-corrected chi connectivity index (χ3v) is 8.43. The summed E-state index contributed by atoms with van der Waals surface area (Å²) >= 11 is 11.0. The number of imidazole rings is 1. The first-order chi connectivity index (χ1) is 16.5. The highest BCUT2D eigenvalue weighted by atomic mass is 35.5. The number of nitrogens with zero attached hydrogens (tertiary/aromatic N) is 5. The van der Waals surface area contributed by atoms with Crippen LogP contribution in [0.15, 0.2) is 41.6 Å². The number of aromatic nitrogens is 4. The van der Waals surface area contributed by atoms with Crippen molar-refractivity contribution in [3.05, 3.63) is 41.9 Å². The molecule has 2 fully saturated rings. The summed E-state index contributed by atoms with van der Waals surface area (Å²) in [5, 5.41) is 22.7. The van der Waals surface area contributed by atoms with E-state index < -0.39 is 35.7 Å². The molecular formula is C21H24Cl2N6O4S. The molecule has 0 amide bonds. The van der Waals surface area contributed by atoms with Crippen molar-refractivity contribution in [3.8, 4) is 0 Å². The van der Waals surface area contributed by atoms with E-state index in [-0.39, 0.29) is 16.4 Å². The third-order valence-electron chi connectivity index (χ3n) is 6.14. The molecule has 2 saturated heterocycles. The Hall–Kier alpha value is -1.70. The number of hydrazine groups is 1. The summed E-state index contributed by atoms with van der Waals surface area (Å²) in [6.07, 6.45) is -0.973. The van der Waals surface area contributed by atoms with Gasteiger partial charge in [-0.25, -0.2) is 9.99 Å². The van der Waals surface area contributed by atoms with E-state index in [9.17, 15) is 14.8 Å². The molecule has 13 heteroatoms. The van der Waals surface area contributed by atoms with Crippen molar-refractivity contribution < 1.29 is 19.5 Å². The highest BCUT2D eigenvalue weighted by molar-refractivity contribution is 7.92. The Morgan fingerprint density at radius 1 is 1.15 bits per heavy atom. The Morgan fingerprint density at radius 2 is 1.88 bits per heavy atom. The summed E-state index contributed by atoms with van der Waals surface area (Å²) in [7, 11) is 0. The van der Waals surface area contributed by atoms with E-state index in [4.69, 9.17) is 27.9 Å². The van der Waals surface area contributed by atoms with Gasteiger partial charge in [0.15, 0.2) is 28.1 Å². The Balaban J connectivity index is 1.31. The molecule has 1 aromatic carbocycles. The first-order valence-corrected chi connectivity index (χ1v) is 13.0. The Bertz CT molecular complexity index is 1130. The lowest BCUT2D eigenvalue weighted by atomic mass is 10.1. The van der Waals surface area contributed by atoms with Crippen LogP contribution in [0.4, 0.5) is 5.82 Å². The van der Waals surface area contributed by atoms with Crippen molar-refractivity contribution >= 4 is 51.4 Å². The van der Waals surface area contributed by atoms with Crippen LogP contribution in [0.25, 0.3) is 11.2 Å². The second kappa shape index (κ2) is 10.1. The van der Waals surface area contributed by atoms with Crippen LogP contribution in [-0.4, -0.2) is 81.8 Å².